The third-order valence-corrected chi connectivity index (χ3v) is 2.37. The molecule has 0 aliphatic rings. The topological polar surface area (TPSA) is 91.3 Å². The van der Waals surface area contributed by atoms with Gasteiger partial charge in [-0.05, 0) is 18.6 Å². The first-order valence-electron chi connectivity index (χ1n) is 5.83. The van der Waals surface area contributed by atoms with Crippen molar-refractivity contribution in [3.8, 4) is 0 Å². The van der Waals surface area contributed by atoms with E-state index in [0.717, 1.165) is 12.8 Å². The predicted molar refractivity (Wildman–Crippen MR) is 67.3 cm³/mol. The van der Waals surface area contributed by atoms with Gasteiger partial charge in [-0.3, -0.25) is 4.98 Å². The fourth-order valence-corrected chi connectivity index (χ4v) is 1.43. The zero-order valence-electron chi connectivity index (χ0n) is 10.2. The summed E-state index contributed by atoms with van der Waals surface area (Å²) in [5, 5.41) is 13.9. The van der Waals surface area contributed by atoms with Crippen molar-refractivity contribution >= 4 is 17.7 Å². The molecule has 6 heteroatoms. The minimum absolute atomic E-state index is 0.423. The van der Waals surface area contributed by atoms with E-state index in [-0.39, 0.29) is 0 Å². The van der Waals surface area contributed by atoms with Gasteiger partial charge in [-0.25, -0.2) is 9.59 Å². The van der Waals surface area contributed by atoms with Crippen LogP contribution in [0.25, 0.3) is 0 Å². The van der Waals surface area contributed by atoms with E-state index in [1.165, 1.54) is 6.20 Å². The molecule has 0 saturated heterocycles. The molecule has 1 atom stereocenters. The molecular formula is C12H17N3O3. The van der Waals surface area contributed by atoms with Crippen molar-refractivity contribution in [3.63, 3.8) is 0 Å². The third kappa shape index (κ3) is 4.82. The molecule has 1 unspecified atom stereocenters. The number of aliphatic carboxylic acids is 1. The van der Waals surface area contributed by atoms with Gasteiger partial charge >= 0.3 is 12.0 Å². The van der Waals surface area contributed by atoms with Gasteiger partial charge in [0.2, 0.25) is 0 Å². The van der Waals surface area contributed by atoms with E-state index in [9.17, 15) is 9.59 Å². The zero-order valence-corrected chi connectivity index (χ0v) is 10.2. The van der Waals surface area contributed by atoms with Crippen LogP contribution in [0, 0.1) is 0 Å². The van der Waals surface area contributed by atoms with E-state index in [1.807, 2.05) is 6.92 Å². The van der Waals surface area contributed by atoms with Gasteiger partial charge in [-0.2, -0.15) is 0 Å². The highest BCUT2D eigenvalue weighted by molar-refractivity contribution is 5.92. The summed E-state index contributed by atoms with van der Waals surface area (Å²) in [7, 11) is 0. The third-order valence-electron chi connectivity index (χ3n) is 2.37. The summed E-state index contributed by atoms with van der Waals surface area (Å²) in [5.74, 6) is -1.02. The normalized spacial score (nSPS) is 11.6. The minimum Gasteiger partial charge on any atom is -0.480 e. The van der Waals surface area contributed by atoms with Crippen molar-refractivity contribution < 1.29 is 14.7 Å². The van der Waals surface area contributed by atoms with Crippen molar-refractivity contribution in [1.82, 2.24) is 10.3 Å². The molecule has 2 amide bonds. The molecule has 1 heterocycles. The summed E-state index contributed by atoms with van der Waals surface area (Å²) in [6.45, 7) is 1.97. The maximum Gasteiger partial charge on any atom is 0.326 e. The number of unbranched alkanes of at least 4 members (excludes halogenated alkanes) is 1. The van der Waals surface area contributed by atoms with Gasteiger partial charge in [0, 0.05) is 6.20 Å². The molecule has 98 valence electrons. The molecule has 0 spiro atoms. The molecule has 0 radical (unpaired) electrons. The highest BCUT2D eigenvalue weighted by Crippen LogP contribution is 2.04. The molecular weight excluding hydrogens is 234 g/mol. The minimum atomic E-state index is -1.02. The molecule has 0 bridgehead atoms. The van der Waals surface area contributed by atoms with Crippen molar-refractivity contribution in [2.24, 2.45) is 0 Å². The molecule has 6 nitrogen and oxygen atoms in total. The lowest BCUT2D eigenvalue weighted by Gasteiger charge is -2.14. The largest absolute Gasteiger partial charge is 0.480 e. The Labute approximate surface area is 105 Å². The summed E-state index contributed by atoms with van der Waals surface area (Å²) in [4.78, 5) is 26.4. The molecule has 1 aromatic heterocycles. The fourth-order valence-electron chi connectivity index (χ4n) is 1.43. The van der Waals surface area contributed by atoms with E-state index < -0.39 is 18.0 Å². The molecule has 1 rings (SSSR count). The predicted octanol–water partition coefficient (Wildman–Crippen LogP) is 1.85. The second-order valence-electron chi connectivity index (χ2n) is 3.87. The van der Waals surface area contributed by atoms with Gasteiger partial charge in [-0.1, -0.05) is 19.8 Å². The molecule has 18 heavy (non-hydrogen) atoms. The first kappa shape index (κ1) is 14.0. The van der Waals surface area contributed by atoms with Crippen LogP contribution in [0.2, 0.25) is 0 Å². The van der Waals surface area contributed by atoms with Crippen LogP contribution in [0.4, 0.5) is 10.5 Å². The molecule has 0 aliphatic carbocycles. The second-order valence-corrected chi connectivity index (χ2v) is 3.87. The number of carboxylic acids is 1. The lowest BCUT2D eigenvalue weighted by Crippen LogP contribution is -2.42. The molecule has 3 N–H and O–H groups in total. The SMILES string of the molecule is CCCCC(NC(=O)Nc1cccnc1)C(=O)O. The van der Waals surface area contributed by atoms with Crippen LogP contribution in [0.3, 0.4) is 0 Å². The average Bonchev–Trinajstić information content (AvgIpc) is 2.35. The molecule has 0 fully saturated rings. The Morgan fingerprint density at radius 1 is 1.50 bits per heavy atom. The van der Waals surface area contributed by atoms with Gasteiger partial charge in [0.05, 0.1) is 11.9 Å². The van der Waals surface area contributed by atoms with E-state index >= 15 is 0 Å². The van der Waals surface area contributed by atoms with Crippen LogP contribution in [0.15, 0.2) is 24.5 Å². The number of nitrogens with zero attached hydrogens (tertiary/aromatic N) is 1. The summed E-state index contributed by atoms with van der Waals surface area (Å²) < 4.78 is 0. The highest BCUT2D eigenvalue weighted by Gasteiger charge is 2.18. The van der Waals surface area contributed by atoms with Crippen molar-refractivity contribution in [2.45, 2.75) is 32.2 Å². The maximum absolute atomic E-state index is 11.6. The Morgan fingerprint density at radius 3 is 2.83 bits per heavy atom. The molecule has 0 saturated carbocycles. The number of rotatable bonds is 6. The van der Waals surface area contributed by atoms with E-state index in [4.69, 9.17) is 5.11 Å². The highest BCUT2D eigenvalue weighted by atomic mass is 16.4. The number of hydrogen-bond donors (Lipinski definition) is 3. The molecule has 0 aliphatic heterocycles. The first-order chi connectivity index (χ1) is 8.63. The Hall–Kier alpha value is -2.11. The Morgan fingerprint density at radius 2 is 2.28 bits per heavy atom. The number of hydrogen-bond acceptors (Lipinski definition) is 3. The van der Waals surface area contributed by atoms with E-state index in [1.54, 1.807) is 18.3 Å². The zero-order chi connectivity index (χ0) is 13.4. The Bertz CT molecular complexity index is 395. The number of urea groups is 1. The van der Waals surface area contributed by atoms with Crippen LogP contribution in [0.1, 0.15) is 26.2 Å². The summed E-state index contributed by atoms with van der Waals surface area (Å²) >= 11 is 0. The summed E-state index contributed by atoms with van der Waals surface area (Å²) in [5.41, 5.74) is 0.523. The van der Waals surface area contributed by atoms with Crippen LogP contribution >= 0.6 is 0 Å². The number of aromatic nitrogens is 1. The molecule has 0 aromatic carbocycles. The summed E-state index contributed by atoms with van der Waals surface area (Å²) in [6.07, 6.45) is 5.14. The number of pyridine rings is 1. The lowest BCUT2D eigenvalue weighted by atomic mass is 10.1. The van der Waals surface area contributed by atoms with Gasteiger partial charge in [0.25, 0.3) is 0 Å². The van der Waals surface area contributed by atoms with Crippen LogP contribution < -0.4 is 10.6 Å². The average molecular weight is 251 g/mol. The van der Waals surface area contributed by atoms with Gasteiger partial charge in [0.15, 0.2) is 0 Å². The number of amides is 2. The van der Waals surface area contributed by atoms with Crippen molar-refractivity contribution in [3.05, 3.63) is 24.5 Å². The number of carbonyl (C=O) groups is 2. The van der Waals surface area contributed by atoms with Crippen molar-refractivity contribution in [1.29, 1.82) is 0 Å². The second kappa shape index (κ2) is 7.26. The maximum atomic E-state index is 11.6. The fraction of sp³-hybridized carbons (Fsp3) is 0.417. The quantitative estimate of drug-likeness (QED) is 0.719. The van der Waals surface area contributed by atoms with Crippen LogP contribution in [-0.2, 0) is 4.79 Å². The Balaban J connectivity index is 2.48. The standard InChI is InChI=1S/C12H17N3O3/c1-2-3-6-10(11(16)17)15-12(18)14-9-5-4-7-13-8-9/h4-5,7-8,10H,2-3,6H2,1H3,(H,16,17)(H2,14,15,18). The van der Waals surface area contributed by atoms with Crippen LogP contribution in [-0.4, -0.2) is 28.1 Å². The van der Waals surface area contributed by atoms with Gasteiger partial charge in [-0.15, -0.1) is 0 Å². The van der Waals surface area contributed by atoms with Gasteiger partial charge in [0.1, 0.15) is 6.04 Å². The van der Waals surface area contributed by atoms with Crippen LogP contribution in [0.5, 0.6) is 0 Å². The summed E-state index contributed by atoms with van der Waals surface area (Å²) in [6, 6.07) is 1.96. The number of anilines is 1. The smallest absolute Gasteiger partial charge is 0.326 e. The van der Waals surface area contributed by atoms with E-state index in [2.05, 4.69) is 15.6 Å². The lowest BCUT2D eigenvalue weighted by molar-refractivity contribution is -0.139. The number of carbonyl (C=O) groups excluding carboxylic acids is 1. The number of nitrogens with one attached hydrogen (secondary N) is 2. The van der Waals surface area contributed by atoms with Gasteiger partial charge < -0.3 is 15.7 Å². The monoisotopic (exact) mass is 251 g/mol. The van der Waals surface area contributed by atoms with Crippen molar-refractivity contribution in [2.75, 3.05) is 5.32 Å². The van der Waals surface area contributed by atoms with E-state index in [0.29, 0.717) is 12.1 Å². The molecule has 1 aromatic rings. The first-order valence-corrected chi connectivity index (χ1v) is 5.83. The number of carboxylic acid groups (broad SMARTS) is 1. The Kier molecular flexibility index (Phi) is 5.63.